The topological polar surface area (TPSA) is 45.5 Å². The molecule has 17 heavy (non-hydrogen) atoms. The van der Waals surface area contributed by atoms with E-state index < -0.39 is 0 Å². The Hall–Kier alpha value is -1.29. The molecule has 4 heteroatoms. The first-order chi connectivity index (χ1) is 8.11. The van der Waals surface area contributed by atoms with E-state index in [2.05, 4.69) is 0 Å². The summed E-state index contributed by atoms with van der Waals surface area (Å²) >= 11 is 0. The number of carbonyl (C=O) groups excluding carboxylic acids is 1. The lowest BCUT2D eigenvalue weighted by atomic mass is 10.2. The summed E-state index contributed by atoms with van der Waals surface area (Å²) in [6.07, 6.45) is 2.54. The maximum Gasteiger partial charge on any atom is 0.270 e. The number of hydrogen-bond donors (Lipinski definition) is 1. The molecular formula is C13H22N2O2. The molecule has 0 aliphatic rings. The number of aliphatic hydroxyl groups is 1. The van der Waals surface area contributed by atoms with Crippen LogP contribution in [0.25, 0.3) is 0 Å². The summed E-state index contributed by atoms with van der Waals surface area (Å²) < 4.78 is 1.94. The number of hydrogen-bond acceptors (Lipinski definition) is 2. The molecule has 0 aliphatic carbocycles. The van der Waals surface area contributed by atoms with Crippen molar-refractivity contribution >= 4 is 5.91 Å². The van der Waals surface area contributed by atoms with Gasteiger partial charge in [-0.25, -0.2) is 0 Å². The van der Waals surface area contributed by atoms with Gasteiger partial charge in [-0.3, -0.25) is 4.79 Å². The van der Waals surface area contributed by atoms with Crippen molar-refractivity contribution in [1.29, 1.82) is 0 Å². The first-order valence-corrected chi connectivity index (χ1v) is 6.18. The van der Waals surface area contributed by atoms with E-state index in [1.54, 1.807) is 4.90 Å². The average Bonchev–Trinajstić information content (AvgIpc) is 2.76. The predicted octanol–water partition coefficient (Wildman–Crippen LogP) is 1.74. The molecule has 1 aromatic heterocycles. The van der Waals surface area contributed by atoms with Crippen molar-refractivity contribution in [3.05, 3.63) is 24.0 Å². The lowest BCUT2D eigenvalue weighted by Gasteiger charge is -2.27. The van der Waals surface area contributed by atoms with Crippen molar-refractivity contribution in [3.63, 3.8) is 0 Å². The third-order valence-corrected chi connectivity index (χ3v) is 2.83. The van der Waals surface area contributed by atoms with E-state index in [9.17, 15) is 4.79 Å². The Morgan fingerprint density at radius 2 is 2.24 bits per heavy atom. The summed E-state index contributed by atoms with van der Waals surface area (Å²) in [4.78, 5) is 14.2. The molecule has 0 bridgehead atoms. The summed E-state index contributed by atoms with van der Waals surface area (Å²) in [5.74, 6) is 0.0419. The molecule has 4 nitrogen and oxygen atoms in total. The Bertz CT molecular complexity index is 358. The maximum absolute atomic E-state index is 12.4. The Morgan fingerprint density at radius 3 is 2.76 bits per heavy atom. The highest BCUT2D eigenvalue weighted by Gasteiger charge is 2.20. The molecule has 0 fully saturated rings. The van der Waals surface area contributed by atoms with Gasteiger partial charge in [0.1, 0.15) is 5.69 Å². The number of aliphatic hydroxyl groups excluding tert-OH is 1. The minimum atomic E-state index is 0.0419. The highest BCUT2D eigenvalue weighted by atomic mass is 16.3. The zero-order chi connectivity index (χ0) is 12.8. The Balaban J connectivity index is 2.84. The largest absolute Gasteiger partial charge is 0.396 e. The van der Waals surface area contributed by atoms with Gasteiger partial charge < -0.3 is 14.6 Å². The zero-order valence-corrected chi connectivity index (χ0v) is 10.9. The van der Waals surface area contributed by atoms with Gasteiger partial charge in [0.15, 0.2) is 0 Å². The van der Waals surface area contributed by atoms with Gasteiger partial charge >= 0.3 is 0 Å². The van der Waals surface area contributed by atoms with Crippen LogP contribution >= 0.6 is 0 Å². The molecule has 1 rings (SSSR count). The van der Waals surface area contributed by atoms with Crippen molar-refractivity contribution in [1.82, 2.24) is 9.47 Å². The molecule has 0 aromatic carbocycles. The number of aryl methyl sites for hydroxylation is 1. The number of rotatable bonds is 6. The molecule has 0 atom stereocenters. The first kappa shape index (κ1) is 13.8. The van der Waals surface area contributed by atoms with E-state index in [0.717, 1.165) is 12.2 Å². The lowest BCUT2D eigenvalue weighted by Crippen LogP contribution is -2.39. The van der Waals surface area contributed by atoms with Crippen LogP contribution in [0, 0.1) is 0 Å². The molecule has 0 spiro atoms. The van der Waals surface area contributed by atoms with Crippen LogP contribution in [-0.4, -0.2) is 39.7 Å². The van der Waals surface area contributed by atoms with E-state index in [0.29, 0.717) is 13.0 Å². The molecule has 1 aromatic rings. The SMILES string of the molecule is CCn1cccc1C(=O)N(CCCO)C(C)C. The van der Waals surface area contributed by atoms with Gasteiger partial charge in [0.25, 0.3) is 5.91 Å². The second-order valence-corrected chi connectivity index (χ2v) is 4.35. The number of amides is 1. The van der Waals surface area contributed by atoms with Crippen molar-refractivity contribution in [2.45, 2.75) is 39.8 Å². The molecule has 0 unspecified atom stereocenters. The van der Waals surface area contributed by atoms with E-state index in [-0.39, 0.29) is 18.6 Å². The second-order valence-electron chi connectivity index (χ2n) is 4.35. The number of carbonyl (C=O) groups is 1. The molecular weight excluding hydrogens is 216 g/mol. The fourth-order valence-electron chi connectivity index (χ4n) is 1.87. The predicted molar refractivity (Wildman–Crippen MR) is 68.0 cm³/mol. The van der Waals surface area contributed by atoms with Crippen molar-refractivity contribution in [2.24, 2.45) is 0 Å². The van der Waals surface area contributed by atoms with Crippen LogP contribution in [0.15, 0.2) is 18.3 Å². The third-order valence-electron chi connectivity index (χ3n) is 2.83. The number of aromatic nitrogens is 1. The molecule has 0 saturated carbocycles. The van der Waals surface area contributed by atoms with Gasteiger partial charge in [-0.1, -0.05) is 0 Å². The third kappa shape index (κ3) is 3.33. The molecule has 0 radical (unpaired) electrons. The van der Waals surface area contributed by atoms with E-state index in [1.807, 2.05) is 43.7 Å². The highest BCUT2D eigenvalue weighted by Crippen LogP contribution is 2.10. The van der Waals surface area contributed by atoms with Gasteiger partial charge in [-0.2, -0.15) is 0 Å². The van der Waals surface area contributed by atoms with Gasteiger partial charge in [0.2, 0.25) is 0 Å². The molecule has 0 aliphatic heterocycles. The van der Waals surface area contributed by atoms with Crippen LogP contribution in [0.2, 0.25) is 0 Å². The van der Waals surface area contributed by atoms with Crippen LogP contribution < -0.4 is 0 Å². The smallest absolute Gasteiger partial charge is 0.270 e. The summed E-state index contributed by atoms with van der Waals surface area (Å²) in [5, 5.41) is 8.87. The van der Waals surface area contributed by atoms with E-state index in [1.165, 1.54) is 0 Å². The summed E-state index contributed by atoms with van der Waals surface area (Å²) in [5.41, 5.74) is 0.721. The molecule has 1 N–H and O–H groups in total. The minimum Gasteiger partial charge on any atom is -0.396 e. The summed E-state index contributed by atoms with van der Waals surface area (Å²) in [6.45, 7) is 7.51. The van der Waals surface area contributed by atoms with Gasteiger partial charge in [-0.05, 0) is 39.3 Å². The molecule has 96 valence electrons. The van der Waals surface area contributed by atoms with Crippen LogP contribution in [0.5, 0.6) is 0 Å². The monoisotopic (exact) mass is 238 g/mol. The van der Waals surface area contributed by atoms with Gasteiger partial charge in [0.05, 0.1) is 0 Å². The van der Waals surface area contributed by atoms with Crippen LogP contribution in [-0.2, 0) is 6.54 Å². The Kier molecular flexibility index (Phi) is 5.22. The normalized spacial score (nSPS) is 10.9. The zero-order valence-electron chi connectivity index (χ0n) is 10.9. The van der Waals surface area contributed by atoms with Gasteiger partial charge in [-0.15, -0.1) is 0 Å². The maximum atomic E-state index is 12.4. The standard InChI is InChI=1S/C13H22N2O2/c1-4-14-8-5-7-12(14)13(17)15(11(2)3)9-6-10-16/h5,7-8,11,16H,4,6,9-10H2,1-3H3. The lowest BCUT2D eigenvalue weighted by molar-refractivity contribution is 0.0682. The molecule has 1 amide bonds. The van der Waals surface area contributed by atoms with E-state index >= 15 is 0 Å². The second kappa shape index (κ2) is 6.45. The fraction of sp³-hybridized carbons (Fsp3) is 0.615. The van der Waals surface area contributed by atoms with Crippen LogP contribution in [0.1, 0.15) is 37.7 Å². The fourth-order valence-corrected chi connectivity index (χ4v) is 1.87. The Morgan fingerprint density at radius 1 is 1.53 bits per heavy atom. The minimum absolute atomic E-state index is 0.0419. The van der Waals surface area contributed by atoms with Crippen LogP contribution in [0.3, 0.4) is 0 Å². The highest BCUT2D eigenvalue weighted by molar-refractivity contribution is 5.93. The summed E-state index contributed by atoms with van der Waals surface area (Å²) in [7, 11) is 0. The van der Waals surface area contributed by atoms with Crippen molar-refractivity contribution in [2.75, 3.05) is 13.2 Å². The van der Waals surface area contributed by atoms with E-state index in [4.69, 9.17) is 5.11 Å². The first-order valence-electron chi connectivity index (χ1n) is 6.18. The van der Waals surface area contributed by atoms with Crippen LogP contribution in [0.4, 0.5) is 0 Å². The summed E-state index contributed by atoms with van der Waals surface area (Å²) in [6, 6.07) is 3.89. The van der Waals surface area contributed by atoms with Crippen molar-refractivity contribution < 1.29 is 9.90 Å². The number of nitrogens with zero attached hydrogens (tertiary/aromatic N) is 2. The Labute approximate surface area is 103 Å². The molecule has 1 heterocycles. The molecule has 0 saturated heterocycles. The quantitative estimate of drug-likeness (QED) is 0.820. The van der Waals surface area contributed by atoms with Gasteiger partial charge in [0, 0.05) is 31.9 Å². The van der Waals surface area contributed by atoms with Crippen molar-refractivity contribution in [3.8, 4) is 0 Å². The average molecular weight is 238 g/mol.